The number of ether oxygens (including phenoxy) is 2. The van der Waals surface area contributed by atoms with Crippen molar-refractivity contribution in [3.05, 3.63) is 77.0 Å². The Hall–Kier alpha value is -3.06. The summed E-state index contributed by atoms with van der Waals surface area (Å²) in [5.41, 5.74) is 2.02. The SMILES string of the molecule is C[C@@H]1Cc2cnc(OCc3cccc(-c4ccc(OCCC(C)(C)O)cc4C(F)(F)F)c3)cc2C1. The molecular formula is C28H30F3NO3. The van der Waals surface area contributed by atoms with E-state index in [0.717, 1.165) is 24.5 Å². The number of nitrogens with zero attached hydrogens (tertiary/aromatic N) is 1. The quantitative estimate of drug-likeness (QED) is 0.390. The summed E-state index contributed by atoms with van der Waals surface area (Å²) in [6.07, 6.45) is -0.374. The standard InChI is InChI=1S/C28H30F3NO3/c1-18-11-21-14-26(32-16-22(21)12-18)35-17-19-5-4-6-20(13-19)24-8-7-23(15-25(24)28(29,30)31)34-10-9-27(2,3)33/h4-8,13-16,18,33H,9-12,17H2,1-3H3/t18-/m0/s1. The summed E-state index contributed by atoms with van der Waals surface area (Å²) < 4.78 is 53.0. The average molecular weight is 486 g/mol. The number of alkyl halides is 3. The zero-order valence-corrected chi connectivity index (χ0v) is 20.2. The molecule has 0 unspecified atom stereocenters. The molecule has 4 nitrogen and oxygen atoms in total. The smallest absolute Gasteiger partial charge is 0.417 e. The van der Waals surface area contributed by atoms with E-state index in [2.05, 4.69) is 11.9 Å². The lowest BCUT2D eigenvalue weighted by Gasteiger charge is -2.19. The van der Waals surface area contributed by atoms with Crippen LogP contribution in [0.2, 0.25) is 0 Å². The Morgan fingerprint density at radius 1 is 1.00 bits per heavy atom. The van der Waals surface area contributed by atoms with Gasteiger partial charge in [-0.1, -0.05) is 31.2 Å². The molecule has 0 spiro atoms. The van der Waals surface area contributed by atoms with Crippen LogP contribution >= 0.6 is 0 Å². The molecule has 1 aromatic heterocycles. The van der Waals surface area contributed by atoms with Crippen molar-refractivity contribution in [1.29, 1.82) is 0 Å². The lowest BCUT2D eigenvalue weighted by Crippen LogP contribution is -2.21. The first-order valence-corrected chi connectivity index (χ1v) is 11.7. The molecule has 0 saturated heterocycles. The van der Waals surface area contributed by atoms with Gasteiger partial charge in [0.15, 0.2) is 0 Å². The van der Waals surface area contributed by atoms with Crippen molar-refractivity contribution >= 4 is 0 Å². The summed E-state index contributed by atoms with van der Waals surface area (Å²) in [4.78, 5) is 4.38. The number of pyridine rings is 1. The third kappa shape index (κ3) is 6.54. The van der Waals surface area contributed by atoms with Gasteiger partial charge in [0.1, 0.15) is 12.4 Å². The maximum Gasteiger partial charge on any atom is 0.417 e. The lowest BCUT2D eigenvalue weighted by molar-refractivity contribution is -0.137. The minimum Gasteiger partial charge on any atom is -0.493 e. The molecule has 1 aliphatic carbocycles. The molecule has 7 heteroatoms. The van der Waals surface area contributed by atoms with Crippen molar-refractivity contribution in [3.63, 3.8) is 0 Å². The number of halogens is 3. The minimum absolute atomic E-state index is 0.0684. The third-order valence-corrected chi connectivity index (χ3v) is 6.10. The van der Waals surface area contributed by atoms with Crippen molar-refractivity contribution in [2.24, 2.45) is 5.92 Å². The highest BCUT2D eigenvalue weighted by molar-refractivity contribution is 5.69. The molecule has 1 N–H and O–H groups in total. The Labute approximate surface area is 203 Å². The van der Waals surface area contributed by atoms with Crippen molar-refractivity contribution in [1.82, 2.24) is 4.98 Å². The van der Waals surface area contributed by atoms with E-state index in [9.17, 15) is 18.3 Å². The number of hydrogen-bond acceptors (Lipinski definition) is 4. The number of fused-ring (bicyclic) bond motifs is 1. The summed E-state index contributed by atoms with van der Waals surface area (Å²) in [5, 5.41) is 9.79. The molecule has 186 valence electrons. The molecule has 0 radical (unpaired) electrons. The van der Waals surface area contributed by atoms with E-state index in [0.29, 0.717) is 23.8 Å². The molecule has 0 fully saturated rings. The summed E-state index contributed by atoms with van der Waals surface area (Å²) in [7, 11) is 0. The summed E-state index contributed by atoms with van der Waals surface area (Å²) >= 11 is 0. The number of benzene rings is 2. The minimum atomic E-state index is -4.55. The van der Waals surface area contributed by atoms with Gasteiger partial charge in [0.2, 0.25) is 5.88 Å². The van der Waals surface area contributed by atoms with E-state index in [4.69, 9.17) is 9.47 Å². The number of aromatic nitrogens is 1. The highest BCUT2D eigenvalue weighted by atomic mass is 19.4. The molecule has 1 heterocycles. The van der Waals surface area contributed by atoms with Crippen LogP contribution in [0.1, 0.15) is 49.4 Å². The van der Waals surface area contributed by atoms with Crippen LogP contribution in [0.5, 0.6) is 11.6 Å². The fraction of sp³-hybridized carbons (Fsp3) is 0.393. The number of rotatable bonds is 8. The molecule has 1 aliphatic rings. The maximum atomic E-state index is 13.9. The maximum absolute atomic E-state index is 13.9. The van der Waals surface area contributed by atoms with Crippen molar-refractivity contribution in [3.8, 4) is 22.8 Å². The predicted molar refractivity (Wildman–Crippen MR) is 128 cm³/mol. The number of hydrogen-bond donors (Lipinski definition) is 1. The summed E-state index contributed by atoms with van der Waals surface area (Å²) in [6, 6.07) is 12.8. The largest absolute Gasteiger partial charge is 0.493 e. The topological polar surface area (TPSA) is 51.6 Å². The van der Waals surface area contributed by atoms with Gasteiger partial charge >= 0.3 is 6.18 Å². The van der Waals surface area contributed by atoms with Gasteiger partial charge < -0.3 is 14.6 Å². The van der Waals surface area contributed by atoms with Crippen LogP contribution in [0.25, 0.3) is 11.1 Å². The highest BCUT2D eigenvalue weighted by Gasteiger charge is 2.34. The second kappa shape index (κ2) is 9.90. The molecule has 0 aliphatic heterocycles. The van der Waals surface area contributed by atoms with E-state index in [1.54, 1.807) is 32.0 Å². The first-order valence-electron chi connectivity index (χ1n) is 11.7. The molecule has 4 rings (SSSR count). The molecule has 3 aromatic rings. The molecule has 35 heavy (non-hydrogen) atoms. The first kappa shape index (κ1) is 25.0. The normalized spacial score (nSPS) is 15.7. The van der Waals surface area contributed by atoms with E-state index >= 15 is 0 Å². The Kier molecular flexibility index (Phi) is 7.08. The first-order chi connectivity index (χ1) is 16.5. The van der Waals surface area contributed by atoms with Crippen molar-refractivity contribution in [2.75, 3.05) is 6.61 Å². The van der Waals surface area contributed by atoms with Crippen LogP contribution < -0.4 is 9.47 Å². The highest BCUT2D eigenvalue weighted by Crippen LogP contribution is 2.39. The number of aliphatic hydroxyl groups is 1. The van der Waals surface area contributed by atoms with Crippen LogP contribution in [0.15, 0.2) is 54.7 Å². The van der Waals surface area contributed by atoms with Gasteiger partial charge in [0, 0.05) is 18.7 Å². The van der Waals surface area contributed by atoms with E-state index in [1.807, 2.05) is 18.3 Å². The monoisotopic (exact) mass is 485 g/mol. The van der Waals surface area contributed by atoms with Gasteiger partial charge in [-0.05, 0) is 78.6 Å². The molecule has 2 aromatic carbocycles. The zero-order valence-electron chi connectivity index (χ0n) is 20.2. The molecule has 0 amide bonds. The van der Waals surface area contributed by atoms with Gasteiger partial charge in [-0.25, -0.2) is 4.98 Å². The van der Waals surface area contributed by atoms with E-state index in [1.165, 1.54) is 23.3 Å². The molecule has 0 saturated carbocycles. The van der Waals surface area contributed by atoms with Crippen LogP contribution in [-0.4, -0.2) is 22.3 Å². The molecule has 0 bridgehead atoms. The second-order valence-corrected chi connectivity index (χ2v) is 9.91. The van der Waals surface area contributed by atoms with Crippen LogP contribution in [-0.2, 0) is 25.6 Å². The van der Waals surface area contributed by atoms with Crippen LogP contribution in [0, 0.1) is 5.92 Å². The molecule has 1 atom stereocenters. The van der Waals surface area contributed by atoms with Gasteiger partial charge in [-0.15, -0.1) is 0 Å². The van der Waals surface area contributed by atoms with Gasteiger partial charge in [0.05, 0.1) is 17.8 Å². The van der Waals surface area contributed by atoms with Crippen LogP contribution in [0.3, 0.4) is 0 Å². The van der Waals surface area contributed by atoms with Crippen molar-refractivity contribution < 1.29 is 27.8 Å². The van der Waals surface area contributed by atoms with Crippen LogP contribution in [0.4, 0.5) is 13.2 Å². The third-order valence-electron chi connectivity index (χ3n) is 6.10. The van der Waals surface area contributed by atoms with E-state index in [-0.39, 0.29) is 24.5 Å². The Balaban J connectivity index is 1.51. The fourth-order valence-corrected chi connectivity index (χ4v) is 4.28. The predicted octanol–water partition coefficient (Wildman–Crippen LogP) is 6.62. The van der Waals surface area contributed by atoms with E-state index < -0.39 is 17.3 Å². The van der Waals surface area contributed by atoms with Gasteiger partial charge in [-0.3, -0.25) is 0 Å². The molecular weight excluding hydrogens is 455 g/mol. The van der Waals surface area contributed by atoms with Gasteiger partial charge in [-0.2, -0.15) is 13.2 Å². The summed E-state index contributed by atoms with van der Waals surface area (Å²) in [5.74, 6) is 1.23. The zero-order chi connectivity index (χ0) is 25.2. The average Bonchev–Trinajstić information content (AvgIpc) is 3.15. The second-order valence-electron chi connectivity index (χ2n) is 9.91. The fourth-order valence-electron chi connectivity index (χ4n) is 4.28. The summed E-state index contributed by atoms with van der Waals surface area (Å²) in [6.45, 7) is 5.77. The Morgan fingerprint density at radius 2 is 1.77 bits per heavy atom. The lowest BCUT2D eigenvalue weighted by atomic mass is 9.97. The van der Waals surface area contributed by atoms with Crippen molar-refractivity contribution in [2.45, 2.75) is 58.4 Å². The Bertz CT molecular complexity index is 1180. The Morgan fingerprint density at radius 3 is 2.51 bits per heavy atom. The van der Waals surface area contributed by atoms with Gasteiger partial charge in [0.25, 0.3) is 0 Å².